The largest absolute Gasteiger partial charge is 0.497 e. The van der Waals surface area contributed by atoms with Crippen LogP contribution in [0.25, 0.3) is 0 Å². The molecule has 3 aromatic carbocycles. The van der Waals surface area contributed by atoms with Crippen LogP contribution in [-0.4, -0.2) is 62.8 Å². The molecule has 3 aromatic rings. The molecule has 0 N–H and O–H groups in total. The zero-order valence-corrected chi connectivity index (χ0v) is 20.7. The first-order chi connectivity index (χ1) is 17.5. The molecule has 1 fully saturated rings. The quantitative estimate of drug-likeness (QED) is 0.510. The minimum atomic E-state index is -3.64. The summed E-state index contributed by atoms with van der Waals surface area (Å²) in [6, 6.07) is 23.2. The topological polar surface area (TPSA) is 88.5 Å². The molecule has 0 radical (unpaired) electrons. The number of hydrazone groups is 1. The van der Waals surface area contributed by atoms with Gasteiger partial charge in [-0.15, -0.1) is 0 Å². The van der Waals surface area contributed by atoms with Crippen molar-refractivity contribution in [2.24, 2.45) is 5.10 Å². The fourth-order valence-electron chi connectivity index (χ4n) is 4.43. The molecular weight excluding hydrogens is 478 g/mol. The minimum absolute atomic E-state index is 0.155. The molecule has 9 heteroatoms. The van der Waals surface area contributed by atoms with Gasteiger partial charge in [0.05, 0.1) is 37.0 Å². The molecule has 0 aromatic heterocycles. The molecule has 1 unspecified atom stereocenters. The third-order valence-corrected chi connectivity index (χ3v) is 8.35. The van der Waals surface area contributed by atoms with E-state index in [-0.39, 0.29) is 16.8 Å². The fraction of sp³-hybridized carbons (Fsp3) is 0.259. The van der Waals surface area contributed by atoms with E-state index in [9.17, 15) is 13.2 Å². The van der Waals surface area contributed by atoms with Crippen molar-refractivity contribution >= 4 is 21.6 Å². The number of carbonyl (C=O) groups is 1. The van der Waals surface area contributed by atoms with Gasteiger partial charge in [0.1, 0.15) is 5.75 Å². The number of hydrogen-bond donors (Lipinski definition) is 0. The third kappa shape index (κ3) is 4.77. The van der Waals surface area contributed by atoms with Crippen LogP contribution in [-0.2, 0) is 14.8 Å². The fourth-order valence-corrected chi connectivity index (χ4v) is 5.83. The standard InChI is InChI=1S/C27H27N3O5S/c1-34-23-11-7-21(8-12-23)26-19-25(20-5-3-2-4-6-20)28-30(26)27(31)22-9-13-24(14-10-22)36(32,33)29-15-17-35-18-16-29/h2-14,26H,15-19H2,1H3. The molecule has 0 saturated carbocycles. The molecule has 0 aliphatic carbocycles. The van der Waals surface area contributed by atoms with Crippen molar-refractivity contribution in [2.45, 2.75) is 17.4 Å². The van der Waals surface area contributed by atoms with E-state index in [1.807, 2.05) is 54.6 Å². The summed E-state index contributed by atoms with van der Waals surface area (Å²) in [7, 11) is -2.03. The van der Waals surface area contributed by atoms with Gasteiger partial charge >= 0.3 is 0 Å². The van der Waals surface area contributed by atoms with Crippen molar-refractivity contribution in [3.8, 4) is 5.75 Å². The molecule has 1 saturated heterocycles. The second-order valence-corrected chi connectivity index (χ2v) is 10.5. The van der Waals surface area contributed by atoms with Gasteiger partial charge in [0.2, 0.25) is 10.0 Å². The van der Waals surface area contributed by atoms with E-state index >= 15 is 0 Å². The van der Waals surface area contributed by atoms with Crippen LogP contribution in [0.2, 0.25) is 0 Å². The Morgan fingerprint density at radius 2 is 1.61 bits per heavy atom. The van der Waals surface area contributed by atoms with Gasteiger partial charge in [-0.25, -0.2) is 13.4 Å². The highest BCUT2D eigenvalue weighted by atomic mass is 32.2. The number of sulfonamides is 1. The van der Waals surface area contributed by atoms with Gasteiger partial charge in [0.25, 0.3) is 5.91 Å². The number of carbonyl (C=O) groups excluding carboxylic acids is 1. The van der Waals surface area contributed by atoms with Crippen LogP contribution in [0.3, 0.4) is 0 Å². The lowest BCUT2D eigenvalue weighted by Crippen LogP contribution is -2.40. The number of methoxy groups -OCH3 is 1. The van der Waals surface area contributed by atoms with E-state index in [4.69, 9.17) is 14.6 Å². The first kappa shape index (κ1) is 24.2. The predicted molar refractivity (Wildman–Crippen MR) is 136 cm³/mol. The number of rotatable bonds is 6. The molecule has 1 amide bonds. The van der Waals surface area contributed by atoms with Gasteiger partial charge < -0.3 is 9.47 Å². The molecular formula is C27H27N3O5S. The molecule has 5 rings (SSSR count). The third-order valence-electron chi connectivity index (χ3n) is 6.44. The van der Waals surface area contributed by atoms with Gasteiger partial charge in [0, 0.05) is 25.1 Å². The summed E-state index contributed by atoms with van der Waals surface area (Å²) in [6.07, 6.45) is 0.561. The minimum Gasteiger partial charge on any atom is -0.497 e. The Balaban J connectivity index is 1.44. The van der Waals surface area contributed by atoms with E-state index in [0.29, 0.717) is 38.3 Å². The van der Waals surface area contributed by atoms with Gasteiger partial charge in [-0.05, 0) is 47.5 Å². The highest BCUT2D eigenvalue weighted by Gasteiger charge is 2.34. The van der Waals surface area contributed by atoms with Crippen LogP contribution in [0.15, 0.2) is 88.9 Å². The number of amides is 1. The second kappa shape index (κ2) is 10.2. The summed E-state index contributed by atoms with van der Waals surface area (Å²) < 4.78 is 37.9. The predicted octanol–water partition coefficient (Wildman–Crippen LogP) is 3.71. The lowest BCUT2D eigenvalue weighted by molar-refractivity contribution is 0.0711. The van der Waals surface area contributed by atoms with Gasteiger partial charge in [-0.3, -0.25) is 4.79 Å². The number of nitrogens with zero attached hydrogens (tertiary/aromatic N) is 3. The smallest absolute Gasteiger partial charge is 0.274 e. The van der Waals surface area contributed by atoms with E-state index < -0.39 is 10.0 Å². The summed E-state index contributed by atoms with van der Waals surface area (Å²) in [6.45, 7) is 1.38. The second-order valence-electron chi connectivity index (χ2n) is 8.60. The molecule has 2 heterocycles. The summed E-state index contributed by atoms with van der Waals surface area (Å²) >= 11 is 0. The number of ether oxygens (including phenoxy) is 2. The molecule has 0 bridgehead atoms. The van der Waals surface area contributed by atoms with Crippen LogP contribution in [0.4, 0.5) is 0 Å². The zero-order chi connectivity index (χ0) is 25.1. The van der Waals surface area contributed by atoms with E-state index in [1.54, 1.807) is 19.2 Å². The van der Waals surface area contributed by atoms with Crippen molar-refractivity contribution < 1.29 is 22.7 Å². The Bertz CT molecular complexity index is 1350. The molecule has 1 atom stereocenters. The van der Waals surface area contributed by atoms with Crippen molar-refractivity contribution in [1.82, 2.24) is 9.31 Å². The molecule has 8 nitrogen and oxygen atoms in total. The summed E-state index contributed by atoms with van der Waals surface area (Å²) in [5.41, 5.74) is 3.08. The SMILES string of the molecule is COc1ccc(C2CC(c3ccccc3)=NN2C(=O)c2ccc(S(=O)(=O)N3CCOCC3)cc2)cc1. The van der Waals surface area contributed by atoms with Crippen LogP contribution < -0.4 is 4.74 Å². The van der Waals surface area contributed by atoms with Crippen LogP contribution in [0, 0.1) is 0 Å². The van der Waals surface area contributed by atoms with E-state index in [2.05, 4.69) is 0 Å². The Kier molecular flexibility index (Phi) is 6.86. The van der Waals surface area contributed by atoms with Crippen molar-refractivity contribution in [1.29, 1.82) is 0 Å². The highest BCUT2D eigenvalue weighted by molar-refractivity contribution is 7.89. The normalized spacial score (nSPS) is 18.6. The van der Waals surface area contributed by atoms with E-state index in [0.717, 1.165) is 22.6 Å². The van der Waals surface area contributed by atoms with E-state index in [1.165, 1.54) is 21.4 Å². The van der Waals surface area contributed by atoms with Crippen molar-refractivity contribution in [3.05, 3.63) is 95.6 Å². The van der Waals surface area contributed by atoms with Crippen LogP contribution in [0.1, 0.15) is 33.9 Å². The van der Waals surface area contributed by atoms with Gasteiger partial charge in [-0.2, -0.15) is 9.41 Å². The van der Waals surface area contributed by atoms with Crippen LogP contribution in [0.5, 0.6) is 5.75 Å². The first-order valence-electron chi connectivity index (χ1n) is 11.8. The molecule has 0 spiro atoms. The molecule has 36 heavy (non-hydrogen) atoms. The monoisotopic (exact) mass is 505 g/mol. The summed E-state index contributed by atoms with van der Waals surface area (Å²) in [5.74, 6) is 0.438. The molecule has 2 aliphatic heterocycles. The summed E-state index contributed by atoms with van der Waals surface area (Å²) in [4.78, 5) is 13.8. The number of benzene rings is 3. The molecule has 186 valence electrons. The van der Waals surface area contributed by atoms with Crippen molar-refractivity contribution in [3.63, 3.8) is 0 Å². The van der Waals surface area contributed by atoms with Crippen molar-refractivity contribution in [2.75, 3.05) is 33.4 Å². The Labute approximate surface area is 210 Å². The average Bonchev–Trinajstić information content (AvgIpc) is 3.39. The maximum absolute atomic E-state index is 13.6. The number of hydrogen-bond acceptors (Lipinski definition) is 6. The Morgan fingerprint density at radius 3 is 2.25 bits per heavy atom. The lowest BCUT2D eigenvalue weighted by Gasteiger charge is -2.26. The molecule has 2 aliphatic rings. The maximum Gasteiger partial charge on any atom is 0.274 e. The Morgan fingerprint density at radius 1 is 0.944 bits per heavy atom. The lowest BCUT2D eigenvalue weighted by atomic mass is 9.98. The van der Waals surface area contributed by atoms with Crippen LogP contribution >= 0.6 is 0 Å². The van der Waals surface area contributed by atoms with Gasteiger partial charge in [-0.1, -0.05) is 42.5 Å². The highest BCUT2D eigenvalue weighted by Crippen LogP contribution is 2.35. The average molecular weight is 506 g/mol. The first-order valence-corrected chi connectivity index (χ1v) is 13.2. The maximum atomic E-state index is 13.6. The summed E-state index contributed by atoms with van der Waals surface area (Å²) in [5, 5.41) is 6.20. The Hall–Kier alpha value is -3.53. The number of morpholine rings is 1. The van der Waals surface area contributed by atoms with Gasteiger partial charge in [0.15, 0.2) is 0 Å². The zero-order valence-electron chi connectivity index (χ0n) is 19.9.